The monoisotopic (exact) mass is 251 g/mol. The molecule has 18 heavy (non-hydrogen) atoms. The molecule has 0 aliphatic rings. The van der Waals surface area contributed by atoms with Crippen molar-refractivity contribution in [1.29, 1.82) is 0 Å². The van der Waals surface area contributed by atoms with Gasteiger partial charge < -0.3 is 19.5 Å². The van der Waals surface area contributed by atoms with Crippen molar-refractivity contribution in [3.63, 3.8) is 0 Å². The van der Waals surface area contributed by atoms with Crippen molar-refractivity contribution < 1.29 is 14.2 Å². The van der Waals surface area contributed by atoms with Gasteiger partial charge >= 0.3 is 0 Å². The lowest BCUT2D eigenvalue weighted by molar-refractivity contribution is 0.321. The molecule has 0 spiro atoms. The second-order valence-electron chi connectivity index (χ2n) is 3.90. The summed E-state index contributed by atoms with van der Waals surface area (Å²) in [4.78, 5) is 0. The van der Waals surface area contributed by atoms with Crippen LogP contribution in [0.5, 0.6) is 17.2 Å². The van der Waals surface area contributed by atoms with Crippen LogP contribution >= 0.6 is 0 Å². The van der Waals surface area contributed by atoms with E-state index < -0.39 is 0 Å². The van der Waals surface area contributed by atoms with Crippen LogP contribution in [0.15, 0.2) is 24.8 Å². The van der Waals surface area contributed by atoms with E-state index in [-0.39, 0.29) is 6.04 Å². The highest BCUT2D eigenvalue weighted by molar-refractivity contribution is 5.55. The normalized spacial score (nSPS) is 11.8. The minimum atomic E-state index is 0.239. The molecule has 1 aromatic carbocycles. The molecule has 0 fully saturated rings. The molecule has 1 rings (SSSR count). The van der Waals surface area contributed by atoms with E-state index in [0.29, 0.717) is 23.8 Å². The Hall–Kier alpha value is -1.68. The molecule has 1 unspecified atom stereocenters. The zero-order chi connectivity index (χ0) is 13.5. The number of benzene rings is 1. The van der Waals surface area contributed by atoms with Gasteiger partial charge in [0.1, 0.15) is 0 Å². The molecule has 0 amide bonds. The minimum Gasteiger partial charge on any atom is -0.493 e. The van der Waals surface area contributed by atoms with Crippen LogP contribution in [0, 0.1) is 0 Å². The Kier molecular flexibility index (Phi) is 5.52. The number of ether oxygens (including phenoxy) is 3. The van der Waals surface area contributed by atoms with Gasteiger partial charge in [-0.05, 0) is 13.0 Å². The molecule has 0 saturated heterocycles. The number of nitrogens with one attached hydrogen (secondary N) is 1. The smallest absolute Gasteiger partial charge is 0.203 e. The molecule has 4 heteroatoms. The van der Waals surface area contributed by atoms with Crippen LogP contribution in [0.3, 0.4) is 0 Å². The average Bonchev–Trinajstić information content (AvgIpc) is 2.43. The van der Waals surface area contributed by atoms with E-state index in [1.165, 1.54) is 0 Å². The van der Waals surface area contributed by atoms with Gasteiger partial charge in [-0.2, -0.15) is 0 Å². The predicted molar refractivity (Wildman–Crippen MR) is 72.6 cm³/mol. The Bertz CT molecular complexity index is 404. The van der Waals surface area contributed by atoms with Crippen LogP contribution in [0.25, 0.3) is 0 Å². The van der Waals surface area contributed by atoms with Crippen molar-refractivity contribution >= 4 is 0 Å². The summed E-state index contributed by atoms with van der Waals surface area (Å²) in [5.41, 5.74) is 1.02. The third-order valence-corrected chi connectivity index (χ3v) is 2.75. The SMILES string of the molecule is C=CC(C)NCc1ccc(OC)c(OC)c1OC. The molecular formula is C14H21NO3. The van der Waals surface area contributed by atoms with Gasteiger partial charge in [-0.3, -0.25) is 0 Å². The summed E-state index contributed by atoms with van der Waals surface area (Å²) in [6, 6.07) is 4.07. The summed E-state index contributed by atoms with van der Waals surface area (Å²) in [5, 5.41) is 3.32. The fraction of sp³-hybridized carbons (Fsp3) is 0.429. The lowest BCUT2D eigenvalue weighted by Crippen LogP contribution is -2.23. The topological polar surface area (TPSA) is 39.7 Å². The summed E-state index contributed by atoms with van der Waals surface area (Å²) < 4.78 is 16.0. The maximum Gasteiger partial charge on any atom is 0.203 e. The van der Waals surface area contributed by atoms with Crippen LogP contribution in [0.1, 0.15) is 12.5 Å². The number of hydrogen-bond acceptors (Lipinski definition) is 4. The standard InChI is InChI=1S/C14H21NO3/c1-6-10(2)15-9-11-7-8-12(16-3)14(18-5)13(11)17-4/h6-8,10,15H,1,9H2,2-5H3. The average molecular weight is 251 g/mol. The maximum atomic E-state index is 5.40. The molecule has 1 aromatic rings. The molecule has 0 bridgehead atoms. The summed E-state index contributed by atoms with van der Waals surface area (Å²) in [7, 11) is 4.83. The summed E-state index contributed by atoms with van der Waals surface area (Å²) >= 11 is 0. The van der Waals surface area contributed by atoms with Gasteiger partial charge in [0.2, 0.25) is 5.75 Å². The van der Waals surface area contributed by atoms with E-state index >= 15 is 0 Å². The van der Waals surface area contributed by atoms with Crippen LogP contribution in [-0.4, -0.2) is 27.4 Å². The van der Waals surface area contributed by atoms with Crippen molar-refractivity contribution in [2.24, 2.45) is 0 Å². The Morgan fingerprint density at radius 1 is 1.17 bits per heavy atom. The van der Waals surface area contributed by atoms with E-state index in [9.17, 15) is 0 Å². The Morgan fingerprint density at radius 2 is 1.83 bits per heavy atom. The van der Waals surface area contributed by atoms with E-state index in [1.807, 2.05) is 25.1 Å². The summed E-state index contributed by atoms with van der Waals surface area (Å²) in [6.45, 7) is 6.46. The first kappa shape index (κ1) is 14.4. The third kappa shape index (κ3) is 3.17. The van der Waals surface area contributed by atoms with Crippen molar-refractivity contribution in [1.82, 2.24) is 5.32 Å². The Morgan fingerprint density at radius 3 is 2.33 bits per heavy atom. The molecule has 100 valence electrons. The third-order valence-electron chi connectivity index (χ3n) is 2.75. The maximum absolute atomic E-state index is 5.40. The predicted octanol–water partition coefficient (Wildman–Crippen LogP) is 2.38. The highest BCUT2D eigenvalue weighted by Crippen LogP contribution is 2.39. The van der Waals surface area contributed by atoms with Crippen LogP contribution in [0.4, 0.5) is 0 Å². The fourth-order valence-electron chi connectivity index (χ4n) is 1.66. The van der Waals surface area contributed by atoms with E-state index in [1.54, 1.807) is 21.3 Å². The second kappa shape index (κ2) is 6.91. The van der Waals surface area contributed by atoms with Gasteiger partial charge in [-0.25, -0.2) is 0 Å². The fourth-order valence-corrected chi connectivity index (χ4v) is 1.66. The first-order valence-electron chi connectivity index (χ1n) is 5.81. The molecule has 0 heterocycles. The molecule has 1 N–H and O–H groups in total. The summed E-state index contributed by atoms with van der Waals surface area (Å²) in [5.74, 6) is 1.97. The van der Waals surface area contributed by atoms with Crippen molar-refractivity contribution in [2.75, 3.05) is 21.3 Å². The lowest BCUT2D eigenvalue weighted by Gasteiger charge is -2.17. The Balaban J connectivity index is 3.01. The highest BCUT2D eigenvalue weighted by Gasteiger charge is 2.15. The van der Waals surface area contributed by atoms with Crippen LogP contribution < -0.4 is 19.5 Å². The van der Waals surface area contributed by atoms with Crippen molar-refractivity contribution in [3.8, 4) is 17.2 Å². The number of rotatable bonds is 7. The van der Waals surface area contributed by atoms with E-state index in [4.69, 9.17) is 14.2 Å². The molecule has 0 aliphatic heterocycles. The largest absolute Gasteiger partial charge is 0.493 e. The molecule has 4 nitrogen and oxygen atoms in total. The van der Waals surface area contributed by atoms with Gasteiger partial charge in [0.25, 0.3) is 0 Å². The molecule has 1 atom stereocenters. The van der Waals surface area contributed by atoms with Gasteiger partial charge in [-0.1, -0.05) is 12.1 Å². The van der Waals surface area contributed by atoms with Crippen molar-refractivity contribution in [3.05, 3.63) is 30.4 Å². The second-order valence-corrected chi connectivity index (χ2v) is 3.90. The van der Waals surface area contributed by atoms with Crippen LogP contribution in [0.2, 0.25) is 0 Å². The molecule has 0 aliphatic carbocycles. The van der Waals surface area contributed by atoms with Crippen molar-refractivity contribution in [2.45, 2.75) is 19.5 Å². The Labute approximate surface area is 109 Å². The lowest BCUT2D eigenvalue weighted by atomic mass is 10.1. The van der Waals surface area contributed by atoms with Gasteiger partial charge in [0.05, 0.1) is 21.3 Å². The zero-order valence-corrected chi connectivity index (χ0v) is 11.4. The van der Waals surface area contributed by atoms with Gasteiger partial charge in [0.15, 0.2) is 11.5 Å². The number of methoxy groups -OCH3 is 3. The quantitative estimate of drug-likeness (QED) is 0.755. The van der Waals surface area contributed by atoms with Crippen LogP contribution in [-0.2, 0) is 6.54 Å². The van der Waals surface area contributed by atoms with Gasteiger partial charge in [0, 0.05) is 18.2 Å². The molecule has 0 radical (unpaired) electrons. The van der Waals surface area contributed by atoms with E-state index in [0.717, 1.165) is 5.56 Å². The first-order valence-corrected chi connectivity index (χ1v) is 5.81. The zero-order valence-electron chi connectivity index (χ0n) is 11.4. The number of hydrogen-bond donors (Lipinski definition) is 1. The van der Waals surface area contributed by atoms with Gasteiger partial charge in [-0.15, -0.1) is 6.58 Å². The summed E-state index contributed by atoms with van der Waals surface area (Å²) in [6.07, 6.45) is 1.85. The molecule has 0 aromatic heterocycles. The first-order chi connectivity index (χ1) is 8.67. The van der Waals surface area contributed by atoms with E-state index in [2.05, 4.69) is 11.9 Å². The molecule has 0 saturated carbocycles. The molecular weight excluding hydrogens is 230 g/mol. The highest BCUT2D eigenvalue weighted by atomic mass is 16.5. The minimum absolute atomic E-state index is 0.239.